The Labute approximate surface area is 151 Å². The molecule has 0 spiro atoms. The van der Waals surface area contributed by atoms with Crippen LogP contribution >= 0.6 is 0 Å². The summed E-state index contributed by atoms with van der Waals surface area (Å²) in [6, 6.07) is 8.41. The van der Waals surface area contributed by atoms with E-state index in [1.54, 1.807) is 0 Å². The minimum absolute atomic E-state index is 0.0488. The van der Waals surface area contributed by atoms with Crippen LogP contribution in [0.2, 0.25) is 0 Å². The first-order valence-electron chi connectivity index (χ1n) is 9.26. The second-order valence-electron chi connectivity index (χ2n) is 7.52. The van der Waals surface area contributed by atoms with Crippen LogP contribution in [0.4, 0.5) is 5.69 Å². The third-order valence-electron chi connectivity index (χ3n) is 5.65. The van der Waals surface area contributed by atoms with Crippen molar-refractivity contribution in [1.82, 2.24) is 5.32 Å². The molecule has 0 radical (unpaired) electrons. The molecule has 0 bridgehead atoms. The fourth-order valence-electron chi connectivity index (χ4n) is 3.58. The first-order valence-corrected chi connectivity index (χ1v) is 9.26. The Morgan fingerprint density at radius 2 is 2.12 bits per heavy atom. The summed E-state index contributed by atoms with van der Waals surface area (Å²) < 4.78 is 5.70. The summed E-state index contributed by atoms with van der Waals surface area (Å²) in [5.74, 6) is -0.0752. The highest BCUT2D eigenvalue weighted by Gasteiger charge is 2.62. The minimum Gasteiger partial charge on any atom is -0.378 e. The van der Waals surface area contributed by atoms with Gasteiger partial charge in [-0.05, 0) is 38.5 Å². The first-order chi connectivity index (χ1) is 11.8. The molecular weight excluding hydrogens is 314 g/mol. The van der Waals surface area contributed by atoms with Crippen molar-refractivity contribution in [3.05, 3.63) is 29.8 Å². The van der Waals surface area contributed by atoms with Gasteiger partial charge in [0.15, 0.2) is 0 Å². The van der Waals surface area contributed by atoms with Crippen LogP contribution in [0.15, 0.2) is 24.3 Å². The molecule has 1 aromatic rings. The second kappa shape index (κ2) is 7.75. The number of likely N-dealkylation sites (N-methyl/N-ethyl adjacent to an activating group) is 1. The van der Waals surface area contributed by atoms with Gasteiger partial charge in [0.05, 0.1) is 6.10 Å². The van der Waals surface area contributed by atoms with Crippen molar-refractivity contribution in [2.24, 2.45) is 11.1 Å². The molecule has 5 nitrogen and oxygen atoms in total. The number of aryl methyl sites for hydroxylation is 1. The summed E-state index contributed by atoms with van der Waals surface area (Å²) in [7, 11) is 0. The molecule has 1 aliphatic rings. The molecule has 1 saturated carbocycles. The Morgan fingerprint density at radius 1 is 1.40 bits per heavy atom. The Balaban J connectivity index is 1.90. The summed E-state index contributed by atoms with van der Waals surface area (Å²) in [5.41, 5.74) is 7.63. The standard InChI is InChI=1S/C20H33N3O2/c1-6-23(16-10-8-9-15(3)13-16)12-11-22-18(24)20(21)14-17(25-7-2)19(20,4)5/h8-10,13,17H,6-7,11-12,14,21H2,1-5H3,(H,22,24). The lowest BCUT2D eigenvalue weighted by Gasteiger charge is -2.57. The highest BCUT2D eigenvalue weighted by atomic mass is 16.5. The molecule has 140 valence electrons. The molecule has 1 fully saturated rings. The number of anilines is 1. The largest absolute Gasteiger partial charge is 0.378 e. The fraction of sp³-hybridized carbons (Fsp3) is 0.650. The van der Waals surface area contributed by atoms with Crippen molar-refractivity contribution < 1.29 is 9.53 Å². The van der Waals surface area contributed by atoms with E-state index in [9.17, 15) is 4.79 Å². The van der Waals surface area contributed by atoms with Crippen LogP contribution in [0.1, 0.15) is 39.7 Å². The summed E-state index contributed by atoms with van der Waals surface area (Å²) in [5, 5.41) is 3.03. The van der Waals surface area contributed by atoms with Crippen LogP contribution in [-0.4, -0.2) is 43.8 Å². The molecule has 5 heteroatoms. The molecule has 0 heterocycles. The van der Waals surface area contributed by atoms with Gasteiger partial charge in [0.1, 0.15) is 5.54 Å². The Kier molecular flexibility index (Phi) is 6.12. The molecule has 1 aliphatic carbocycles. The molecule has 1 amide bonds. The monoisotopic (exact) mass is 347 g/mol. The Bertz CT molecular complexity index is 602. The number of nitrogens with two attached hydrogens (primary N) is 1. The van der Waals surface area contributed by atoms with E-state index in [-0.39, 0.29) is 17.4 Å². The van der Waals surface area contributed by atoms with E-state index in [0.29, 0.717) is 19.6 Å². The zero-order valence-electron chi connectivity index (χ0n) is 16.3. The molecule has 0 aromatic heterocycles. The van der Waals surface area contributed by atoms with Crippen LogP contribution in [0.3, 0.4) is 0 Å². The molecule has 2 unspecified atom stereocenters. The summed E-state index contributed by atoms with van der Waals surface area (Å²) in [6.45, 7) is 13.1. The van der Waals surface area contributed by atoms with Gasteiger partial charge in [0.25, 0.3) is 0 Å². The lowest BCUT2D eigenvalue weighted by molar-refractivity contribution is -0.170. The molecule has 25 heavy (non-hydrogen) atoms. The van der Waals surface area contributed by atoms with E-state index in [4.69, 9.17) is 10.5 Å². The smallest absolute Gasteiger partial charge is 0.240 e. The van der Waals surface area contributed by atoms with Crippen molar-refractivity contribution in [2.75, 3.05) is 31.1 Å². The molecule has 0 saturated heterocycles. The van der Waals surface area contributed by atoms with Crippen molar-refractivity contribution in [3.8, 4) is 0 Å². The van der Waals surface area contributed by atoms with Gasteiger partial charge in [-0.3, -0.25) is 4.79 Å². The zero-order chi connectivity index (χ0) is 18.7. The number of nitrogens with zero attached hydrogens (tertiary/aromatic N) is 1. The van der Waals surface area contributed by atoms with E-state index in [2.05, 4.69) is 48.3 Å². The number of carbonyl (C=O) groups excluding carboxylic acids is 1. The fourth-order valence-corrected chi connectivity index (χ4v) is 3.58. The lowest BCUT2D eigenvalue weighted by atomic mass is 9.54. The number of rotatable bonds is 8. The average Bonchev–Trinajstić information content (AvgIpc) is 2.58. The van der Waals surface area contributed by atoms with Gasteiger partial charge in [-0.2, -0.15) is 0 Å². The first kappa shape index (κ1) is 19.7. The zero-order valence-corrected chi connectivity index (χ0v) is 16.3. The predicted octanol–water partition coefficient (Wildman–Crippen LogP) is 2.47. The normalized spacial score (nSPS) is 24.5. The lowest BCUT2D eigenvalue weighted by Crippen LogP contribution is -2.75. The predicted molar refractivity (Wildman–Crippen MR) is 103 cm³/mol. The Morgan fingerprint density at radius 3 is 2.68 bits per heavy atom. The number of benzene rings is 1. The van der Waals surface area contributed by atoms with Gasteiger partial charge in [-0.15, -0.1) is 0 Å². The maximum Gasteiger partial charge on any atom is 0.240 e. The van der Waals surface area contributed by atoms with E-state index in [0.717, 1.165) is 13.1 Å². The van der Waals surface area contributed by atoms with Crippen molar-refractivity contribution in [2.45, 2.75) is 52.7 Å². The van der Waals surface area contributed by atoms with Crippen LogP contribution in [0.5, 0.6) is 0 Å². The van der Waals surface area contributed by atoms with Gasteiger partial charge in [-0.1, -0.05) is 26.0 Å². The number of nitrogens with one attached hydrogen (secondary N) is 1. The van der Waals surface area contributed by atoms with Crippen LogP contribution < -0.4 is 16.0 Å². The summed E-state index contributed by atoms with van der Waals surface area (Å²) in [4.78, 5) is 14.9. The second-order valence-corrected chi connectivity index (χ2v) is 7.52. The molecule has 0 aliphatic heterocycles. The molecule has 2 atom stereocenters. The topological polar surface area (TPSA) is 67.6 Å². The van der Waals surface area contributed by atoms with Gasteiger partial charge in [0.2, 0.25) is 5.91 Å². The van der Waals surface area contributed by atoms with Crippen molar-refractivity contribution in [1.29, 1.82) is 0 Å². The molecule has 1 aromatic carbocycles. The van der Waals surface area contributed by atoms with E-state index < -0.39 is 5.54 Å². The molecule has 2 rings (SSSR count). The highest BCUT2D eigenvalue weighted by Crippen LogP contribution is 2.49. The third kappa shape index (κ3) is 3.82. The number of ether oxygens (including phenoxy) is 1. The van der Waals surface area contributed by atoms with Crippen molar-refractivity contribution in [3.63, 3.8) is 0 Å². The molecule has 3 N–H and O–H groups in total. The number of amides is 1. The maximum absolute atomic E-state index is 12.7. The van der Waals surface area contributed by atoms with Crippen LogP contribution in [-0.2, 0) is 9.53 Å². The number of hydrogen-bond donors (Lipinski definition) is 2. The molecular formula is C20H33N3O2. The number of hydrogen-bond acceptors (Lipinski definition) is 4. The van der Waals surface area contributed by atoms with Crippen LogP contribution in [0.25, 0.3) is 0 Å². The van der Waals surface area contributed by atoms with Crippen molar-refractivity contribution >= 4 is 11.6 Å². The third-order valence-corrected chi connectivity index (χ3v) is 5.65. The summed E-state index contributed by atoms with van der Waals surface area (Å²) >= 11 is 0. The van der Waals surface area contributed by atoms with Gasteiger partial charge >= 0.3 is 0 Å². The van der Waals surface area contributed by atoms with Gasteiger partial charge in [0, 0.05) is 43.8 Å². The van der Waals surface area contributed by atoms with Gasteiger partial charge in [-0.25, -0.2) is 0 Å². The Hall–Kier alpha value is -1.59. The number of carbonyl (C=O) groups is 1. The van der Waals surface area contributed by atoms with Gasteiger partial charge < -0.3 is 20.7 Å². The van der Waals surface area contributed by atoms with E-state index >= 15 is 0 Å². The average molecular weight is 348 g/mol. The van der Waals surface area contributed by atoms with E-state index in [1.807, 2.05) is 20.8 Å². The highest BCUT2D eigenvalue weighted by molar-refractivity contribution is 5.88. The van der Waals surface area contributed by atoms with Crippen LogP contribution in [0, 0.1) is 12.3 Å². The SMILES string of the molecule is CCOC1CC(N)(C(=O)NCCN(CC)c2cccc(C)c2)C1(C)C. The maximum atomic E-state index is 12.7. The quantitative estimate of drug-likeness (QED) is 0.758. The summed E-state index contributed by atoms with van der Waals surface area (Å²) in [6.07, 6.45) is 0.627. The minimum atomic E-state index is -0.854. The van der Waals surface area contributed by atoms with E-state index in [1.165, 1.54) is 11.3 Å².